The quantitative estimate of drug-likeness (QED) is 0.268. The van der Waals surface area contributed by atoms with Crippen LogP contribution in [-0.2, 0) is 0 Å². The SMILES string of the molecule is CCCCCCCCCCCCC(=N)CC(=N)N.[Br-]. The highest BCUT2D eigenvalue weighted by atomic mass is 79.9. The van der Waals surface area contributed by atoms with Crippen LogP contribution in [0.15, 0.2) is 0 Å². The van der Waals surface area contributed by atoms with Gasteiger partial charge in [0, 0.05) is 12.1 Å². The van der Waals surface area contributed by atoms with E-state index < -0.39 is 0 Å². The molecule has 0 aliphatic rings. The Kier molecular flexibility index (Phi) is 17.3. The highest BCUT2D eigenvalue weighted by Gasteiger charge is 1.99. The summed E-state index contributed by atoms with van der Waals surface area (Å²) in [5, 5.41) is 14.7. The monoisotopic (exact) mass is 332 g/mol. The van der Waals surface area contributed by atoms with Crippen LogP contribution in [0, 0.1) is 10.8 Å². The van der Waals surface area contributed by atoms with Gasteiger partial charge in [0.2, 0.25) is 0 Å². The largest absolute Gasteiger partial charge is 1.00 e. The van der Waals surface area contributed by atoms with E-state index in [9.17, 15) is 0 Å². The molecule has 0 rings (SSSR count). The van der Waals surface area contributed by atoms with Crippen molar-refractivity contribution in [2.24, 2.45) is 5.73 Å². The van der Waals surface area contributed by atoms with Crippen molar-refractivity contribution in [2.45, 2.75) is 84.0 Å². The highest BCUT2D eigenvalue weighted by Crippen LogP contribution is 2.11. The Morgan fingerprint density at radius 3 is 1.63 bits per heavy atom. The number of unbranched alkanes of at least 4 members (excludes halogenated alkanes) is 9. The Bertz CT molecular complexity index is 229. The van der Waals surface area contributed by atoms with E-state index in [0.717, 1.165) is 12.8 Å². The smallest absolute Gasteiger partial charge is 0.0962 e. The van der Waals surface area contributed by atoms with Crippen LogP contribution < -0.4 is 22.7 Å². The molecule has 0 aliphatic heterocycles. The standard InChI is InChI=1S/C15H31N3.BrH/c1-2-3-4-5-6-7-8-9-10-11-12-14(16)13-15(17)18;/h16H,2-13H2,1H3,(H3,17,18);1H/p-1. The first-order chi connectivity index (χ1) is 8.66. The Morgan fingerprint density at radius 2 is 1.21 bits per heavy atom. The van der Waals surface area contributed by atoms with Gasteiger partial charge in [-0.15, -0.1) is 0 Å². The van der Waals surface area contributed by atoms with Crippen LogP contribution in [0.25, 0.3) is 0 Å². The van der Waals surface area contributed by atoms with Gasteiger partial charge < -0.3 is 28.1 Å². The van der Waals surface area contributed by atoms with Crippen LogP contribution in [0.1, 0.15) is 84.0 Å². The first-order valence-corrected chi connectivity index (χ1v) is 7.56. The molecule has 0 aliphatic carbocycles. The number of amidine groups is 1. The molecule has 0 amide bonds. The zero-order chi connectivity index (χ0) is 13.6. The lowest BCUT2D eigenvalue weighted by atomic mass is 10.0. The summed E-state index contributed by atoms with van der Waals surface area (Å²) in [6.07, 6.45) is 14.4. The third-order valence-corrected chi connectivity index (χ3v) is 3.24. The summed E-state index contributed by atoms with van der Waals surface area (Å²) in [4.78, 5) is 0. The molecule has 0 saturated heterocycles. The first-order valence-electron chi connectivity index (χ1n) is 7.56. The molecule has 0 aromatic carbocycles. The molecule has 4 heteroatoms. The van der Waals surface area contributed by atoms with Crippen LogP contribution in [0.2, 0.25) is 0 Å². The molecule has 0 fully saturated rings. The van der Waals surface area contributed by atoms with Gasteiger partial charge in [-0.3, -0.25) is 5.41 Å². The summed E-state index contributed by atoms with van der Waals surface area (Å²) in [5.74, 6) is 0.118. The third kappa shape index (κ3) is 17.6. The van der Waals surface area contributed by atoms with Gasteiger partial charge in [-0.25, -0.2) is 0 Å². The number of rotatable bonds is 13. The van der Waals surface area contributed by atoms with Crippen LogP contribution in [0.3, 0.4) is 0 Å². The predicted octanol–water partition coefficient (Wildman–Crippen LogP) is 1.65. The van der Waals surface area contributed by atoms with Crippen molar-refractivity contribution in [2.75, 3.05) is 0 Å². The summed E-state index contributed by atoms with van der Waals surface area (Å²) < 4.78 is 0. The van der Waals surface area contributed by atoms with Crippen LogP contribution in [-0.4, -0.2) is 11.5 Å². The van der Waals surface area contributed by atoms with Crippen molar-refractivity contribution in [3.8, 4) is 0 Å². The minimum absolute atomic E-state index is 0. The number of hydrogen-bond donors (Lipinski definition) is 3. The summed E-state index contributed by atoms with van der Waals surface area (Å²) in [6.45, 7) is 2.25. The predicted molar refractivity (Wildman–Crippen MR) is 80.7 cm³/mol. The van der Waals surface area contributed by atoms with E-state index in [1.54, 1.807) is 0 Å². The second-order valence-electron chi connectivity index (χ2n) is 5.24. The Labute approximate surface area is 129 Å². The molecule has 0 radical (unpaired) electrons. The second kappa shape index (κ2) is 15.7. The average Bonchev–Trinajstić information content (AvgIpc) is 2.30. The molecule has 19 heavy (non-hydrogen) atoms. The fourth-order valence-electron chi connectivity index (χ4n) is 2.14. The van der Waals surface area contributed by atoms with E-state index in [1.807, 2.05) is 0 Å². The Hall–Kier alpha value is -0.380. The maximum Gasteiger partial charge on any atom is 0.0962 e. The molecule has 4 N–H and O–H groups in total. The molecule has 0 heterocycles. The van der Waals surface area contributed by atoms with Gasteiger partial charge >= 0.3 is 0 Å². The summed E-state index contributed by atoms with van der Waals surface area (Å²) in [5.41, 5.74) is 5.87. The molecule has 114 valence electrons. The summed E-state index contributed by atoms with van der Waals surface area (Å²) in [6, 6.07) is 0. The second-order valence-corrected chi connectivity index (χ2v) is 5.24. The Balaban J connectivity index is 0. The molecule has 0 bridgehead atoms. The summed E-state index contributed by atoms with van der Waals surface area (Å²) in [7, 11) is 0. The number of hydrogen-bond acceptors (Lipinski definition) is 2. The lowest BCUT2D eigenvalue weighted by molar-refractivity contribution is -0.00000479. The highest BCUT2D eigenvalue weighted by molar-refractivity contribution is 5.99. The molecule has 0 unspecified atom stereocenters. The molecule has 0 aromatic rings. The molecule has 0 aromatic heterocycles. The van der Waals surface area contributed by atoms with Crippen molar-refractivity contribution in [1.29, 1.82) is 10.8 Å². The third-order valence-electron chi connectivity index (χ3n) is 3.24. The van der Waals surface area contributed by atoms with E-state index >= 15 is 0 Å². The lowest BCUT2D eigenvalue weighted by Gasteiger charge is -2.03. The van der Waals surface area contributed by atoms with E-state index in [1.165, 1.54) is 57.8 Å². The van der Waals surface area contributed by atoms with Crippen molar-refractivity contribution < 1.29 is 17.0 Å². The van der Waals surface area contributed by atoms with E-state index in [2.05, 4.69) is 6.92 Å². The molecule has 0 atom stereocenters. The van der Waals surface area contributed by atoms with Crippen molar-refractivity contribution in [1.82, 2.24) is 0 Å². The van der Waals surface area contributed by atoms with E-state index in [4.69, 9.17) is 16.6 Å². The van der Waals surface area contributed by atoms with Gasteiger partial charge in [0.25, 0.3) is 0 Å². The number of nitrogens with two attached hydrogens (primary N) is 1. The maximum atomic E-state index is 7.61. The molecule has 0 saturated carbocycles. The van der Waals surface area contributed by atoms with Crippen LogP contribution in [0.5, 0.6) is 0 Å². The van der Waals surface area contributed by atoms with Crippen molar-refractivity contribution >= 4 is 11.5 Å². The van der Waals surface area contributed by atoms with Gasteiger partial charge in [-0.2, -0.15) is 0 Å². The van der Waals surface area contributed by atoms with E-state index in [0.29, 0.717) is 12.1 Å². The van der Waals surface area contributed by atoms with Crippen LogP contribution in [0.4, 0.5) is 0 Å². The van der Waals surface area contributed by atoms with Gasteiger partial charge in [-0.05, 0) is 12.8 Å². The van der Waals surface area contributed by atoms with Gasteiger partial charge in [0.15, 0.2) is 0 Å². The minimum Gasteiger partial charge on any atom is -1.00 e. The van der Waals surface area contributed by atoms with Gasteiger partial charge in [0.05, 0.1) is 5.84 Å². The molecular formula is C15H31BrN3-. The van der Waals surface area contributed by atoms with Crippen molar-refractivity contribution in [3.05, 3.63) is 0 Å². The summed E-state index contributed by atoms with van der Waals surface area (Å²) >= 11 is 0. The van der Waals surface area contributed by atoms with Crippen LogP contribution >= 0.6 is 0 Å². The first kappa shape index (κ1) is 20.9. The number of nitrogens with one attached hydrogen (secondary N) is 2. The lowest BCUT2D eigenvalue weighted by Crippen LogP contribution is -3.00. The van der Waals surface area contributed by atoms with Crippen molar-refractivity contribution in [3.63, 3.8) is 0 Å². The van der Waals surface area contributed by atoms with Gasteiger partial charge in [0.1, 0.15) is 0 Å². The van der Waals surface area contributed by atoms with E-state index in [-0.39, 0.29) is 22.8 Å². The zero-order valence-corrected chi connectivity index (χ0v) is 14.0. The Morgan fingerprint density at radius 1 is 0.789 bits per heavy atom. The maximum absolute atomic E-state index is 7.61. The minimum atomic E-state index is 0. The fraction of sp³-hybridized carbons (Fsp3) is 0.867. The molecular weight excluding hydrogens is 302 g/mol. The number of halogens is 1. The van der Waals surface area contributed by atoms with Gasteiger partial charge in [-0.1, -0.05) is 64.7 Å². The fourth-order valence-corrected chi connectivity index (χ4v) is 2.14. The normalized spacial score (nSPS) is 9.95. The zero-order valence-electron chi connectivity index (χ0n) is 12.4. The molecule has 0 spiro atoms. The molecule has 3 nitrogen and oxygen atoms in total. The topological polar surface area (TPSA) is 73.7 Å². The average molecular weight is 333 g/mol.